The number of carbonyl (C=O) groups excluding carboxylic acids is 1. The van der Waals surface area contributed by atoms with Crippen molar-refractivity contribution in [2.45, 2.75) is 42.7 Å². The van der Waals surface area contributed by atoms with Gasteiger partial charge in [-0.25, -0.2) is 17.8 Å². The number of nitrogens with zero attached hydrogens (tertiary/aromatic N) is 2. The fourth-order valence-electron chi connectivity index (χ4n) is 4.44. The van der Waals surface area contributed by atoms with Crippen molar-refractivity contribution in [2.75, 3.05) is 24.8 Å². The minimum atomic E-state index is -3.71. The average Bonchev–Trinajstić information content (AvgIpc) is 2.75. The number of benzene rings is 2. The first kappa shape index (κ1) is 24.4. The van der Waals surface area contributed by atoms with Gasteiger partial charge in [0.2, 0.25) is 5.91 Å². The van der Waals surface area contributed by atoms with Gasteiger partial charge in [-0.15, -0.1) is 0 Å². The Morgan fingerprint density at radius 3 is 2.59 bits per heavy atom. The van der Waals surface area contributed by atoms with Crippen LogP contribution in [0.25, 0.3) is 0 Å². The summed E-state index contributed by atoms with van der Waals surface area (Å²) in [5, 5.41) is 3.25. The number of halogens is 2. The Labute approximate surface area is 202 Å². The molecule has 2 aromatic carbocycles. The Morgan fingerprint density at radius 2 is 1.94 bits per heavy atom. The summed E-state index contributed by atoms with van der Waals surface area (Å²) in [7, 11) is -3.71. The number of amides is 1. The van der Waals surface area contributed by atoms with Gasteiger partial charge in [-0.05, 0) is 44.0 Å². The highest BCUT2D eigenvalue weighted by molar-refractivity contribution is 7.90. The van der Waals surface area contributed by atoms with Gasteiger partial charge in [-0.3, -0.25) is 9.69 Å². The molecule has 2 aliphatic heterocycles. The first-order valence-corrected chi connectivity index (χ1v) is 13.1. The van der Waals surface area contributed by atoms with Gasteiger partial charge in [-0.2, -0.15) is 0 Å². The van der Waals surface area contributed by atoms with E-state index in [1.807, 2.05) is 0 Å². The van der Waals surface area contributed by atoms with E-state index >= 15 is 0 Å². The molecule has 2 aromatic rings. The molecular formula is C23H26ClFN4O4S. The zero-order valence-electron chi connectivity index (χ0n) is 18.8. The predicted octanol–water partition coefficient (Wildman–Crippen LogP) is 3.57. The molecule has 182 valence electrons. The molecule has 0 aliphatic carbocycles. The second-order valence-electron chi connectivity index (χ2n) is 8.73. The van der Waals surface area contributed by atoms with E-state index in [-0.39, 0.29) is 39.9 Å². The molecule has 1 fully saturated rings. The highest BCUT2D eigenvalue weighted by Crippen LogP contribution is 2.42. The Morgan fingerprint density at radius 1 is 1.24 bits per heavy atom. The number of hydrogen-bond donors (Lipinski definition) is 2. The van der Waals surface area contributed by atoms with Crippen LogP contribution in [0.1, 0.15) is 31.7 Å². The van der Waals surface area contributed by atoms with E-state index in [9.17, 15) is 17.6 Å². The number of sulfone groups is 1. The standard InChI is InChI=1S/C23H26ClFN4O4S/c1-23(13-20(30)29(22(26)28-23)15-8-10-33-11-9-15)16-4-3-5-18(21(16)24)27-17-7-6-14(25)12-19(17)34(2,31)32/h3-7,12,15,27H,8-11,13H2,1-2H3,(H2,26,28)/t23-/m0/s1. The van der Waals surface area contributed by atoms with Crippen LogP contribution in [0.3, 0.4) is 0 Å². The predicted molar refractivity (Wildman–Crippen MR) is 129 cm³/mol. The number of carbonyl (C=O) groups is 1. The van der Waals surface area contributed by atoms with Gasteiger partial charge in [-0.1, -0.05) is 23.7 Å². The van der Waals surface area contributed by atoms with E-state index in [0.717, 1.165) is 18.4 Å². The maximum atomic E-state index is 13.7. The molecule has 0 aromatic heterocycles. The lowest BCUT2D eigenvalue weighted by Gasteiger charge is -2.40. The molecule has 1 amide bonds. The number of nitrogens with one attached hydrogen (secondary N) is 1. The third kappa shape index (κ3) is 4.75. The van der Waals surface area contributed by atoms with Gasteiger partial charge in [0.15, 0.2) is 15.8 Å². The quantitative estimate of drug-likeness (QED) is 0.638. The van der Waals surface area contributed by atoms with Crippen LogP contribution in [0, 0.1) is 5.82 Å². The van der Waals surface area contributed by atoms with Gasteiger partial charge < -0.3 is 15.8 Å². The first-order valence-electron chi connectivity index (χ1n) is 10.8. The largest absolute Gasteiger partial charge is 0.381 e. The number of rotatable bonds is 5. The van der Waals surface area contributed by atoms with E-state index in [1.54, 1.807) is 30.0 Å². The Bertz CT molecular complexity index is 1260. The van der Waals surface area contributed by atoms with Crippen molar-refractivity contribution in [1.82, 2.24) is 4.90 Å². The number of guanidine groups is 1. The van der Waals surface area contributed by atoms with Gasteiger partial charge in [0.05, 0.1) is 33.3 Å². The Hall–Kier alpha value is -2.69. The van der Waals surface area contributed by atoms with Crippen LogP contribution < -0.4 is 11.1 Å². The minimum absolute atomic E-state index is 0.0501. The maximum Gasteiger partial charge on any atom is 0.232 e. The summed E-state index contributed by atoms with van der Waals surface area (Å²) in [4.78, 5) is 19.2. The lowest BCUT2D eigenvalue weighted by Crippen LogP contribution is -2.55. The number of aliphatic imine (C=N–C) groups is 1. The fourth-order valence-corrected chi connectivity index (χ4v) is 5.66. The molecule has 34 heavy (non-hydrogen) atoms. The van der Waals surface area contributed by atoms with E-state index in [4.69, 9.17) is 22.1 Å². The van der Waals surface area contributed by atoms with Gasteiger partial charge in [0.1, 0.15) is 5.82 Å². The Balaban J connectivity index is 1.69. The lowest BCUT2D eigenvalue weighted by molar-refractivity contribution is -0.132. The second-order valence-corrected chi connectivity index (χ2v) is 11.1. The molecule has 2 heterocycles. The van der Waals surface area contributed by atoms with E-state index in [2.05, 4.69) is 10.3 Å². The van der Waals surface area contributed by atoms with Crippen molar-refractivity contribution >= 4 is 44.7 Å². The lowest BCUT2D eigenvalue weighted by atomic mass is 9.86. The summed E-state index contributed by atoms with van der Waals surface area (Å²) < 4.78 is 43.4. The van der Waals surface area contributed by atoms with Crippen LogP contribution >= 0.6 is 11.6 Å². The molecule has 4 rings (SSSR count). The molecule has 0 unspecified atom stereocenters. The summed E-state index contributed by atoms with van der Waals surface area (Å²) >= 11 is 6.72. The normalized spacial score (nSPS) is 21.9. The minimum Gasteiger partial charge on any atom is -0.381 e. The molecule has 0 bridgehead atoms. The summed E-state index contributed by atoms with van der Waals surface area (Å²) in [5.41, 5.74) is 6.38. The third-order valence-electron chi connectivity index (χ3n) is 6.12. The van der Waals surface area contributed by atoms with Crippen LogP contribution in [0.2, 0.25) is 5.02 Å². The second kappa shape index (κ2) is 9.16. The smallest absolute Gasteiger partial charge is 0.232 e. The molecule has 0 spiro atoms. The molecule has 3 N–H and O–H groups in total. The average molecular weight is 509 g/mol. The first-order chi connectivity index (χ1) is 16.0. The fraction of sp³-hybridized carbons (Fsp3) is 0.391. The number of hydrogen-bond acceptors (Lipinski definition) is 7. The highest BCUT2D eigenvalue weighted by Gasteiger charge is 2.41. The zero-order chi connectivity index (χ0) is 24.7. The number of ether oxygens (including phenoxy) is 1. The monoisotopic (exact) mass is 508 g/mol. The van der Waals surface area contributed by atoms with Crippen molar-refractivity contribution in [3.05, 3.63) is 52.8 Å². The van der Waals surface area contributed by atoms with Crippen LogP contribution in [-0.4, -0.2) is 50.7 Å². The van der Waals surface area contributed by atoms with Crippen LogP contribution in [-0.2, 0) is 24.9 Å². The van der Waals surface area contributed by atoms with Crippen molar-refractivity contribution < 1.29 is 22.3 Å². The summed E-state index contributed by atoms with van der Waals surface area (Å²) in [5.74, 6) is -0.676. The highest BCUT2D eigenvalue weighted by atomic mass is 35.5. The van der Waals surface area contributed by atoms with E-state index in [0.29, 0.717) is 37.3 Å². The number of nitrogens with two attached hydrogens (primary N) is 1. The molecular weight excluding hydrogens is 483 g/mol. The van der Waals surface area contributed by atoms with Crippen LogP contribution in [0.5, 0.6) is 0 Å². The molecule has 11 heteroatoms. The molecule has 8 nitrogen and oxygen atoms in total. The van der Waals surface area contributed by atoms with Crippen LogP contribution in [0.15, 0.2) is 46.3 Å². The summed E-state index contributed by atoms with van der Waals surface area (Å²) in [6.45, 7) is 2.92. The van der Waals surface area contributed by atoms with Gasteiger partial charge in [0.25, 0.3) is 0 Å². The van der Waals surface area contributed by atoms with Crippen molar-refractivity contribution in [3.63, 3.8) is 0 Å². The van der Waals surface area contributed by atoms with Crippen LogP contribution in [0.4, 0.5) is 15.8 Å². The maximum absolute atomic E-state index is 13.7. The third-order valence-corrected chi connectivity index (χ3v) is 7.66. The molecule has 2 aliphatic rings. The van der Waals surface area contributed by atoms with E-state index < -0.39 is 21.2 Å². The summed E-state index contributed by atoms with van der Waals surface area (Å²) in [6.07, 6.45) is 2.46. The summed E-state index contributed by atoms with van der Waals surface area (Å²) in [6, 6.07) is 8.53. The Kier molecular flexibility index (Phi) is 6.58. The van der Waals surface area contributed by atoms with Crippen molar-refractivity contribution in [3.8, 4) is 0 Å². The topological polar surface area (TPSA) is 114 Å². The van der Waals surface area contributed by atoms with Crippen molar-refractivity contribution in [2.24, 2.45) is 10.7 Å². The zero-order valence-corrected chi connectivity index (χ0v) is 20.4. The van der Waals surface area contributed by atoms with Gasteiger partial charge >= 0.3 is 0 Å². The van der Waals surface area contributed by atoms with Gasteiger partial charge in [0, 0.05) is 31.1 Å². The van der Waals surface area contributed by atoms with Crippen molar-refractivity contribution in [1.29, 1.82) is 0 Å². The SMILES string of the molecule is C[C@@]1(c2cccc(Nc3ccc(F)cc3S(C)(=O)=O)c2Cl)CC(=O)N(C2CCOCC2)C(N)=N1. The molecule has 1 saturated heterocycles. The molecule has 0 saturated carbocycles. The molecule has 1 atom stereocenters. The number of anilines is 2. The molecule has 0 radical (unpaired) electrons. The van der Waals surface area contributed by atoms with E-state index in [1.165, 1.54) is 6.07 Å².